The Labute approximate surface area is 120 Å². The first-order chi connectivity index (χ1) is 8.49. The molecular weight excluding hydrogens is 360 g/mol. The molecule has 3 rings (SSSR count). The smallest absolute Gasteiger partial charge is 0.194 e. The molecule has 0 saturated carbocycles. The van der Waals surface area contributed by atoms with Gasteiger partial charge in [-0.2, -0.15) is 0 Å². The van der Waals surface area contributed by atoms with Crippen LogP contribution in [-0.2, 0) is 0 Å². The predicted octanol–water partition coefficient (Wildman–Crippen LogP) is 3.59. The van der Waals surface area contributed by atoms with Crippen molar-refractivity contribution in [2.75, 3.05) is 11.5 Å². The van der Waals surface area contributed by atoms with Gasteiger partial charge in [-0.05, 0) is 67.3 Å². The van der Waals surface area contributed by atoms with Crippen LogP contribution in [0.1, 0.15) is 15.9 Å². The van der Waals surface area contributed by atoms with Gasteiger partial charge in [-0.1, -0.05) is 0 Å². The summed E-state index contributed by atoms with van der Waals surface area (Å²) in [5.41, 5.74) is 15.9. The SMILES string of the molecule is Nc1cc2c(cc1Br)C(=O)c1cc(N)c(Br)cc1-2. The molecule has 2 aromatic carbocycles. The third kappa shape index (κ3) is 1.51. The highest BCUT2D eigenvalue weighted by Gasteiger charge is 2.28. The monoisotopic (exact) mass is 366 g/mol. The van der Waals surface area contributed by atoms with E-state index in [-0.39, 0.29) is 5.78 Å². The third-order valence-electron chi connectivity index (χ3n) is 3.05. The Morgan fingerprint density at radius 1 is 0.722 bits per heavy atom. The maximum absolute atomic E-state index is 12.3. The lowest BCUT2D eigenvalue weighted by Gasteiger charge is -2.05. The molecule has 5 heteroatoms. The molecule has 0 fully saturated rings. The molecule has 0 unspecified atom stereocenters. The maximum atomic E-state index is 12.3. The number of fused-ring (bicyclic) bond motifs is 3. The lowest BCUT2D eigenvalue weighted by atomic mass is 10.1. The second kappa shape index (κ2) is 3.83. The average Bonchev–Trinajstić information content (AvgIpc) is 2.56. The van der Waals surface area contributed by atoms with Crippen LogP contribution in [0, 0.1) is 0 Å². The summed E-state index contributed by atoms with van der Waals surface area (Å²) in [4.78, 5) is 12.3. The number of ketones is 1. The summed E-state index contributed by atoms with van der Waals surface area (Å²) in [5, 5.41) is 0. The first kappa shape index (κ1) is 11.7. The molecule has 90 valence electrons. The minimum atomic E-state index is -0.0140. The zero-order chi connectivity index (χ0) is 13.0. The molecule has 0 amide bonds. The number of carbonyl (C=O) groups is 1. The molecule has 0 saturated heterocycles. The van der Waals surface area contributed by atoms with Crippen molar-refractivity contribution in [3.05, 3.63) is 44.3 Å². The molecular formula is C13H8Br2N2O. The summed E-state index contributed by atoms with van der Waals surface area (Å²) < 4.78 is 1.51. The molecule has 0 bridgehead atoms. The van der Waals surface area contributed by atoms with Crippen molar-refractivity contribution in [2.24, 2.45) is 0 Å². The van der Waals surface area contributed by atoms with E-state index in [1.165, 1.54) is 0 Å². The molecule has 0 atom stereocenters. The Balaban J connectivity index is 2.37. The number of benzene rings is 2. The Kier molecular flexibility index (Phi) is 2.50. The molecule has 1 aliphatic rings. The van der Waals surface area contributed by atoms with E-state index in [4.69, 9.17) is 11.5 Å². The number of nitrogen functional groups attached to an aromatic ring is 2. The fourth-order valence-corrected chi connectivity index (χ4v) is 2.83. The number of hydrogen-bond donors (Lipinski definition) is 2. The number of anilines is 2. The minimum Gasteiger partial charge on any atom is -0.398 e. The molecule has 3 nitrogen and oxygen atoms in total. The third-order valence-corrected chi connectivity index (χ3v) is 4.43. The number of rotatable bonds is 0. The van der Waals surface area contributed by atoms with Crippen LogP contribution in [-0.4, -0.2) is 5.78 Å². The molecule has 0 heterocycles. The molecule has 0 aliphatic heterocycles. The number of hydrogen-bond acceptors (Lipinski definition) is 3. The predicted molar refractivity (Wildman–Crippen MR) is 79.5 cm³/mol. The van der Waals surface area contributed by atoms with Crippen molar-refractivity contribution in [1.82, 2.24) is 0 Å². The van der Waals surface area contributed by atoms with E-state index >= 15 is 0 Å². The average molecular weight is 368 g/mol. The summed E-state index contributed by atoms with van der Waals surface area (Å²) in [5.74, 6) is -0.0140. The zero-order valence-electron chi connectivity index (χ0n) is 9.13. The molecule has 4 N–H and O–H groups in total. The molecule has 0 aromatic heterocycles. The summed E-state index contributed by atoms with van der Waals surface area (Å²) in [6, 6.07) is 7.14. The Morgan fingerprint density at radius 2 is 1.11 bits per heavy atom. The van der Waals surface area contributed by atoms with Crippen molar-refractivity contribution in [1.29, 1.82) is 0 Å². The second-order valence-corrected chi connectivity index (χ2v) is 5.88. The Bertz CT molecular complexity index is 651. The molecule has 2 aromatic rings. The second-order valence-electron chi connectivity index (χ2n) is 4.17. The van der Waals surface area contributed by atoms with Crippen LogP contribution < -0.4 is 11.5 Å². The van der Waals surface area contributed by atoms with Gasteiger partial charge in [-0.3, -0.25) is 4.79 Å². The summed E-state index contributed by atoms with van der Waals surface area (Å²) in [6.45, 7) is 0. The number of nitrogens with two attached hydrogens (primary N) is 2. The highest BCUT2D eigenvalue weighted by atomic mass is 79.9. The quantitative estimate of drug-likeness (QED) is 0.596. The molecule has 0 spiro atoms. The van der Waals surface area contributed by atoms with Gasteiger partial charge >= 0.3 is 0 Å². The molecule has 0 radical (unpaired) electrons. The van der Waals surface area contributed by atoms with Crippen LogP contribution >= 0.6 is 31.9 Å². The first-order valence-corrected chi connectivity index (χ1v) is 6.80. The normalized spacial score (nSPS) is 12.4. The Hall–Kier alpha value is -1.33. The first-order valence-electron chi connectivity index (χ1n) is 5.22. The van der Waals surface area contributed by atoms with Gasteiger partial charge in [0.25, 0.3) is 0 Å². The fourth-order valence-electron chi connectivity index (χ4n) is 2.15. The van der Waals surface area contributed by atoms with E-state index < -0.39 is 0 Å². The van der Waals surface area contributed by atoms with Gasteiger partial charge in [0, 0.05) is 31.4 Å². The van der Waals surface area contributed by atoms with Crippen molar-refractivity contribution in [2.45, 2.75) is 0 Å². The van der Waals surface area contributed by atoms with Gasteiger partial charge < -0.3 is 11.5 Å². The van der Waals surface area contributed by atoms with Crippen molar-refractivity contribution >= 4 is 49.0 Å². The molecule has 18 heavy (non-hydrogen) atoms. The standard InChI is InChI=1S/C13H8Br2N2O/c14-9-1-5-6-3-11(16)10(15)2-7(6)13(18)8(5)4-12(9)17/h1-4H,16-17H2. The number of carbonyl (C=O) groups excluding carboxylic acids is 1. The van der Waals surface area contributed by atoms with Gasteiger partial charge in [-0.25, -0.2) is 0 Å². The van der Waals surface area contributed by atoms with E-state index in [9.17, 15) is 4.79 Å². The van der Waals surface area contributed by atoms with Crippen LogP contribution in [0.3, 0.4) is 0 Å². The van der Waals surface area contributed by atoms with Crippen LogP contribution in [0.5, 0.6) is 0 Å². The highest BCUT2D eigenvalue weighted by molar-refractivity contribution is 9.11. The zero-order valence-corrected chi connectivity index (χ0v) is 12.3. The van der Waals surface area contributed by atoms with Gasteiger partial charge in [0.2, 0.25) is 0 Å². The summed E-state index contributed by atoms with van der Waals surface area (Å²) >= 11 is 6.72. The minimum absolute atomic E-state index is 0.0140. The topological polar surface area (TPSA) is 69.1 Å². The lowest BCUT2D eigenvalue weighted by Crippen LogP contribution is -1.97. The number of halogens is 2. The van der Waals surface area contributed by atoms with Gasteiger partial charge in [-0.15, -0.1) is 0 Å². The van der Waals surface area contributed by atoms with E-state index in [1.807, 2.05) is 12.1 Å². The van der Waals surface area contributed by atoms with Crippen LogP contribution in [0.2, 0.25) is 0 Å². The van der Waals surface area contributed by atoms with Crippen molar-refractivity contribution in [3.8, 4) is 11.1 Å². The van der Waals surface area contributed by atoms with E-state index in [2.05, 4.69) is 31.9 Å². The van der Waals surface area contributed by atoms with E-state index in [1.54, 1.807) is 12.1 Å². The Morgan fingerprint density at radius 3 is 1.72 bits per heavy atom. The van der Waals surface area contributed by atoms with E-state index in [0.29, 0.717) is 22.5 Å². The van der Waals surface area contributed by atoms with Crippen LogP contribution in [0.4, 0.5) is 11.4 Å². The van der Waals surface area contributed by atoms with Crippen molar-refractivity contribution in [3.63, 3.8) is 0 Å². The van der Waals surface area contributed by atoms with Crippen LogP contribution in [0.25, 0.3) is 11.1 Å². The van der Waals surface area contributed by atoms with Gasteiger partial charge in [0.05, 0.1) is 0 Å². The van der Waals surface area contributed by atoms with Crippen LogP contribution in [0.15, 0.2) is 33.2 Å². The fraction of sp³-hybridized carbons (Fsp3) is 0. The highest BCUT2D eigenvalue weighted by Crippen LogP contribution is 2.42. The maximum Gasteiger partial charge on any atom is 0.194 e. The van der Waals surface area contributed by atoms with Gasteiger partial charge in [0.1, 0.15) is 0 Å². The van der Waals surface area contributed by atoms with Crippen molar-refractivity contribution < 1.29 is 4.79 Å². The summed E-state index contributed by atoms with van der Waals surface area (Å²) in [7, 11) is 0. The summed E-state index contributed by atoms with van der Waals surface area (Å²) in [6.07, 6.45) is 0. The largest absolute Gasteiger partial charge is 0.398 e. The van der Waals surface area contributed by atoms with E-state index in [0.717, 1.165) is 20.1 Å². The molecule has 1 aliphatic carbocycles. The van der Waals surface area contributed by atoms with Gasteiger partial charge in [0.15, 0.2) is 5.78 Å². The lowest BCUT2D eigenvalue weighted by molar-refractivity contribution is 0.104.